The monoisotopic (exact) mass is 157 g/mol. The molecule has 1 rings (SSSR count). The van der Waals surface area contributed by atoms with Crippen molar-refractivity contribution in [3.63, 3.8) is 0 Å². The summed E-state index contributed by atoms with van der Waals surface area (Å²) in [4.78, 5) is 0. The minimum Gasteiger partial charge on any atom is -0.395 e. The van der Waals surface area contributed by atoms with E-state index in [1.807, 2.05) is 7.05 Å². The lowest BCUT2D eigenvalue weighted by Gasteiger charge is -2.17. The molecule has 1 aliphatic carbocycles. The van der Waals surface area contributed by atoms with Crippen molar-refractivity contribution in [2.24, 2.45) is 5.92 Å². The van der Waals surface area contributed by atoms with Gasteiger partial charge in [-0.2, -0.15) is 0 Å². The van der Waals surface area contributed by atoms with Crippen LogP contribution in [-0.2, 0) is 0 Å². The summed E-state index contributed by atoms with van der Waals surface area (Å²) in [6.07, 6.45) is 6.70. The molecule has 0 aromatic carbocycles. The first-order valence-electron chi connectivity index (χ1n) is 4.65. The maximum absolute atomic E-state index is 8.92. The standard InChI is InChI=1S/C9H19NO/c1-10-9(7-11)6-8-4-2-3-5-8/h8-11H,2-7H2,1H3/t9-/m1/s1. The quantitative estimate of drug-likeness (QED) is 0.641. The summed E-state index contributed by atoms with van der Waals surface area (Å²) < 4.78 is 0. The highest BCUT2D eigenvalue weighted by molar-refractivity contribution is 4.73. The van der Waals surface area contributed by atoms with E-state index in [2.05, 4.69) is 5.32 Å². The van der Waals surface area contributed by atoms with Crippen LogP contribution in [-0.4, -0.2) is 24.8 Å². The van der Waals surface area contributed by atoms with Gasteiger partial charge in [0.1, 0.15) is 0 Å². The van der Waals surface area contributed by atoms with Gasteiger partial charge in [0, 0.05) is 6.04 Å². The lowest BCUT2D eigenvalue weighted by atomic mass is 9.99. The SMILES string of the molecule is CN[C@@H](CO)CC1CCCC1. The van der Waals surface area contributed by atoms with E-state index in [0.717, 1.165) is 12.3 Å². The van der Waals surface area contributed by atoms with Crippen molar-refractivity contribution in [1.82, 2.24) is 5.32 Å². The molecule has 0 aromatic rings. The van der Waals surface area contributed by atoms with Crippen LogP contribution in [0.25, 0.3) is 0 Å². The minimum atomic E-state index is 0.285. The third-order valence-corrected chi connectivity index (χ3v) is 2.72. The van der Waals surface area contributed by atoms with Crippen molar-refractivity contribution in [2.45, 2.75) is 38.1 Å². The first-order valence-corrected chi connectivity index (χ1v) is 4.65. The fourth-order valence-corrected chi connectivity index (χ4v) is 1.93. The molecule has 1 atom stereocenters. The van der Waals surface area contributed by atoms with E-state index in [1.54, 1.807) is 0 Å². The fraction of sp³-hybridized carbons (Fsp3) is 1.00. The molecule has 1 saturated carbocycles. The summed E-state index contributed by atoms with van der Waals surface area (Å²) in [5, 5.41) is 12.1. The minimum absolute atomic E-state index is 0.285. The Labute approximate surface area is 69.0 Å². The van der Waals surface area contributed by atoms with Gasteiger partial charge in [-0.25, -0.2) is 0 Å². The summed E-state index contributed by atoms with van der Waals surface area (Å²) in [6.45, 7) is 0.285. The van der Waals surface area contributed by atoms with Crippen molar-refractivity contribution in [1.29, 1.82) is 0 Å². The third-order valence-electron chi connectivity index (χ3n) is 2.72. The van der Waals surface area contributed by atoms with Crippen molar-refractivity contribution in [2.75, 3.05) is 13.7 Å². The van der Waals surface area contributed by atoms with E-state index in [1.165, 1.54) is 25.7 Å². The Hall–Kier alpha value is -0.0800. The molecule has 2 nitrogen and oxygen atoms in total. The zero-order chi connectivity index (χ0) is 8.10. The molecule has 66 valence electrons. The molecule has 0 radical (unpaired) electrons. The summed E-state index contributed by atoms with van der Waals surface area (Å²) in [6, 6.07) is 0.332. The fourth-order valence-electron chi connectivity index (χ4n) is 1.93. The Balaban J connectivity index is 2.16. The van der Waals surface area contributed by atoms with Crippen LogP contribution in [0.2, 0.25) is 0 Å². The summed E-state index contributed by atoms with van der Waals surface area (Å²) in [5.74, 6) is 0.875. The number of hydrogen-bond donors (Lipinski definition) is 2. The van der Waals surface area contributed by atoms with Gasteiger partial charge < -0.3 is 10.4 Å². The van der Waals surface area contributed by atoms with Gasteiger partial charge in [-0.1, -0.05) is 25.7 Å². The number of aliphatic hydroxyl groups excluding tert-OH is 1. The molecule has 0 aliphatic heterocycles. The molecule has 1 aliphatic rings. The van der Waals surface area contributed by atoms with Crippen molar-refractivity contribution < 1.29 is 5.11 Å². The molecule has 1 fully saturated rings. The Kier molecular flexibility index (Phi) is 3.87. The Bertz CT molecular complexity index is 95.7. The van der Waals surface area contributed by atoms with Gasteiger partial charge in [-0.15, -0.1) is 0 Å². The number of nitrogens with one attached hydrogen (secondary N) is 1. The molecule has 2 heteroatoms. The highest BCUT2D eigenvalue weighted by Gasteiger charge is 2.18. The van der Waals surface area contributed by atoms with E-state index < -0.39 is 0 Å². The largest absolute Gasteiger partial charge is 0.395 e. The van der Waals surface area contributed by atoms with E-state index in [0.29, 0.717) is 6.04 Å². The zero-order valence-corrected chi connectivity index (χ0v) is 7.34. The van der Waals surface area contributed by atoms with Gasteiger partial charge in [0.05, 0.1) is 6.61 Å². The predicted molar refractivity (Wildman–Crippen MR) is 46.5 cm³/mol. The maximum Gasteiger partial charge on any atom is 0.0584 e. The first kappa shape index (κ1) is 9.01. The average Bonchev–Trinajstić information content (AvgIpc) is 2.52. The highest BCUT2D eigenvalue weighted by Crippen LogP contribution is 2.28. The van der Waals surface area contributed by atoms with E-state index in [-0.39, 0.29) is 6.61 Å². The van der Waals surface area contributed by atoms with Crippen LogP contribution in [0, 0.1) is 5.92 Å². The van der Waals surface area contributed by atoms with Crippen LogP contribution in [0.1, 0.15) is 32.1 Å². The van der Waals surface area contributed by atoms with Gasteiger partial charge in [-0.3, -0.25) is 0 Å². The normalized spacial score (nSPS) is 22.4. The summed E-state index contributed by atoms with van der Waals surface area (Å²) in [5.41, 5.74) is 0. The first-order chi connectivity index (χ1) is 5.36. The Morgan fingerprint density at radius 2 is 2.09 bits per heavy atom. The van der Waals surface area contributed by atoms with Gasteiger partial charge >= 0.3 is 0 Å². The molecular weight excluding hydrogens is 138 g/mol. The third kappa shape index (κ3) is 2.80. The van der Waals surface area contributed by atoms with Crippen LogP contribution in [0.15, 0.2) is 0 Å². The molecule has 0 heterocycles. The van der Waals surface area contributed by atoms with Crippen molar-refractivity contribution >= 4 is 0 Å². The molecule has 0 bridgehead atoms. The Morgan fingerprint density at radius 1 is 1.45 bits per heavy atom. The van der Waals surface area contributed by atoms with Crippen molar-refractivity contribution in [3.05, 3.63) is 0 Å². The molecule has 0 saturated heterocycles. The zero-order valence-electron chi connectivity index (χ0n) is 7.34. The molecule has 0 unspecified atom stereocenters. The molecule has 0 aromatic heterocycles. The van der Waals surface area contributed by atoms with Gasteiger partial charge in [0.15, 0.2) is 0 Å². The number of rotatable bonds is 4. The van der Waals surface area contributed by atoms with Gasteiger partial charge in [0.25, 0.3) is 0 Å². The summed E-state index contributed by atoms with van der Waals surface area (Å²) in [7, 11) is 1.93. The smallest absolute Gasteiger partial charge is 0.0584 e. The van der Waals surface area contributed by atoms with E-state index >= 15 is 0 Å². The lowest BCUT2D eigenvalue weighted by molar-refractivity contribution is 0.226. The van der Waals surface area contributed by atoms with Crippen LogP contribution in [0.4, 0.5) is 0 Å². The second-order valence-corrected chi connectivity index (χ2v) is 3.55. The van der Waals surface area contributed by atoms with Gasteiger partial charge in [-0.05, 0) is 19.4 Å². The molecular formula is C9H19NO. The van der Waals surface area contributed by atoms with Crippen LogP contribution >= 0.6 is 0 Å². The van der Waals surface area contributed by atoms with Crippen molar-refractivity contribution in [3.8, 4) is 0 Å². The molecule has 0 spiro atoms. The van der Waals surface area contributed by atoms with Crippen LogP contribution in [0.5, 0.6) is 0 Å². The summed E-state index contributed by atoms with van der Waals surface area (Å²) >= 11 is 0. The van der Waals surface area contributed by atoms with E-state index in [9.17, 15) is 0 Å². The average molecular weight is 157 g/mol. The molecule has 11 heavy (non-hydrogen) atoms. The van der Waals surface area contributed by atoms with Crippen LogP contribution < -0.4 is 5.32 Å². The predicted octanol–water partition coefficient (Wildman–Crippen LogP) is 1.15. The topological polar surface area (TPSA) is 32.3 Å². The number of likely N-dealkylation sites (N-methyl/N-ethyl adjacent to an activating group) is 1. The van der Waals surface area contributed by atoms with Crippen LogP contribution in [0.3, 0.4) is 0 Å². The number of aliphatic hydroxyl groups is 1. The second kappa shape index (κ2) is 4.73. The maximum atomic E-state index is 8.92. The van der Waals surface area contributed by atoms with Gasteiger partial charge in [0.2, 0.25) is 0 Å². The molecule has 2 N–H and O–H groups in total. The lowest BCUT2D eigenvalue weighted by Crippen LogP contribution is -2.30. The highest BCUT2D eigenvalue weighted by atomic mass is 16.3. The van der Waals surface area contributed by atoms with E-state index in [4.69, 9.17) is 5.11 Å². The molecule has 0 amide bonds. The number of hydrogen-bond acceptors (Lipinski definition) is 2. The Morgan fingerprint density at radius 3 is 2.55 bits per heavy atom. The second-order valence-electron chi connectivity index (χ2n) is 3.55.